The van der Waals surface area contributed by atoms with Crippen molar-refractivity contribution in [2.45, 2.75) is 65.4 Å². The Hall–Kier alpha value is -0.940. The Kier molecular flexibility index (Phi) is 7.16. The summed E-state index contributed by atoms with van der Waals surface area (Å²) in [5, 5.41) is 4.04. The van der Waals surface area contributed by atoms with E-state index >= 15 is 0 Å². The molecule has 0 radical (unpaired) electrons. The maximum absolute atomic E-state index is 5.66. The summed E-state index contributed by atoms with van der Waals surface area (Å²) >= 11 is 0. The van der Waals surface area contributed by atoms with Gasteiger partial charge in [0.2, 0.25) is 11.7 Å². The Bertz CT molecular complexity index is 371. The normalized spacial score (nSPS) is 13.7. The van der Waals surface area contributed by atoms with E-state index < -0.39 is 5.60 Å². The zero-order valence-corrected chi connectivity index (χ0v) is 13.3. The molecule has 0 saturated carbocycles. The molecule has 0 aromatic carbocycles. The molecular formula is C15H29N3O2. The molecule has 0 saturated heterocycles. The van der Waals surface area contributed by atoms with Gasteiger partial charge in [0.1, 0.15) is 5.60 Å². The van der Waals surface area contributed by atoms with Crippen LogP contribution in [-0.2, 0) is 16.8 Å². The number of aryl methyl sites for hydroxylation is 1. The Morgan fingerprint density at radius 1 is 1.25 bits per heavy atom. The predicted octanol–water partition coefficient (Wildman–Crippen LogP) is 3.04. The lowest BCUT2D eigenvalue weighted by Crippen LogP contribution is -2.23. The molecule has 0 fully saturated rings. The minimum Gasteiger partial charge on any atom is -0.368 e. The first-order valence-electron chi connectivity index (χ1n) is 7.70. The summed E-state index contributed by atoms with van der Waals surface area (Å²) < 4.78 is 11.0. The van der Waals surface area contributed by atoms with Gasteiger partial charge in [0.05, 0.1) is 0 Å². The van der Waals surface area contributed by atoms with E-state index in [-0.39, 0.29) is 0 Å². The van der Waals surface area contributed by atoms with E-state index in [0.29, 0.717) is 24.2 Å². The van der Waals surface area contributed by atoms with Crippen LogP contribution in [0.3, 0.4) is 0 Å². The third-order valence-corrected chi connectivity index (χ3v) is 3.55. The van der Waals surface area contributed by atoms with Crippen molar-refractivity contribution >= 4 is 0 Å². The van der Waals surface area contributed by atoms with Crippen LogP contribution in [0.4, 0.5) is 0 Å². The molecular weight excluding hydrogens is 254 g/mol. The maximum Gasteiger partial charge on any atom is 0.226 e. The lowest BCUT2D eigenvalue weighted by molar-refractivity contribution is -0.0221. The molecule has 0 aliphatic carbocycles. The predicted molar refractivity (Wildman–Crippen MR) is 79.3 cm³/mol. The molecule has 0 aliphatic heterocycles. The van der Waals surface area contributed by atoms with Gasteiger partial charge in [0.25, 0.3) is 0 Å². The first kappa shape index (κ1) is 17.1. The number of hydrogen-bond acceptors (Lipinski definition) is 5. The van der Waals surface area contributed by atoms with E-state index in [9.17, 15) is 0 Å². The highest BCUT2D eigenvalue weighted by Crippen LogP contribution is 2.23. The number of rotatable bonds is 10. The van der Waals surface area contributed by atoms with E-state index in [0.717, 1.165) is 25.8 Å². The molecule has 1 rings (SSSR count). The molecule has 20 heavy (non-hydrogen) atoms. The molecule has 0 spiro atoms. The minimum absolute atomic E-state index is 0.490. The van der Waals surface area contributed by atoms with Gasteiger partial charge in [0, 0.05) is 13.0 Å². The van der Waals surface area contributed by atoms with Gasteiger partial charge in [-0.15, -0.1) is 0 Å². The summed E-state index contributed by atoms with van der Waals surface area (Å²) in [5.41, 5.74) is 5.17. The van der Waals surface area contributed by atoms with Crippen molar-refractivity contribution in [2.75, 3.05) is 13.2 Å². The summed E-state index contributed by atoms with van der Waals surface area (Å²) in [5.74, 6) is 1.98. The van der Waals surface area contributed by atoms with Gasteiger partial charge in [-0.25, -0.2) is 0 Å². The maximum atomic E-state index is 5.66. The van der Waals surface area contributed by atoms with Gasteiger partial charge in [-0.3, -0.25) is 0 Å². The second-order valence-electron chi connectivity index (χ2n) is 5.73. The molecule has 1 unspecified atom stereocenters. The lowest BCUT2D eigenvalue weighted by Gasteiger charge is -2.19. The van der Waals surface area contributed by atoms with E-state index in [4.69, 9.17) is 15.0 Å². The number of aromatic nitrogens is 2. The summed E-state index contributed by atoms with van der Waals surface area (Å²) in [7, 11) is 0. The molecule has 0 aliphatic rings. The van der Waals surface area contributed by atoms with Crippen LogP contribution in [0.5, 0.6) is 0 Å². The third-order valence-electron chi connectivity index (χ3n) is 3.55. The minimum atomic E-state index is -0.490. The van der Waals surface area contributed by atoms with Gasteiger partial charge in [-0.05, 0) is 46.1 Å². The van der Waals surface area contributed by atoms with Gasteiger partial charge in [-0.1, -0.05) is 24.9 Å². The fraction of sp³-hybridized carbons (Fsp3) is 0.867. The monoisotopic (exact) mass is 283 g/mol. The standard InChI is InChI=1S/C15H29N3O2/c1-5-7-12(10-11-16)8-9-13-17-14(18-20-13)15(3,4)19-6-2/h12H,5-11,16H2,1-4H3. The van der Waals surface area contributed by atoms with Crippen LogP contribution in [0.15, 0.2) is 4.52 Å². The van der Waals surface area contributed by atoms with E-state index in [2.05, 4.69) is 17.1 Å². The molecule has 116 valence electrons. The first-order chi connectivity index (χ1) is 9.53. The van der Waals surface area contributed by atoms with Crippen molar-refractivity contribution in [3.05, 3.63) is 11.7 Å². The highest BCUT2D eigenvalue weighted by atomic mass is 16.5. The molecule has 5 nitrogen and oxygen atoms in total. The van der Waals surface area contributed by atoms with Crippen molar-refractivity contribution in [3.63, 3.8) is 0 Å². The fourth-order valence-corrected chi connectivity index (χ4v) is 2.43. The van der Waals surface area contributed by atoms with Crippen molar-refractivity contribution in [3.8, 4) is 0 Å². The number of ether oxygens (including phenoxy) is 1. The van der Waals surface area contributed by atoms with E-state index in [1.807, 2.05) is 20.8 Å². The third kappa shape index (κ3) is 5.21. The first-order valence-corrected chi connectivity index (χ1v) is 7.70. The van der Waals surface area contributed by atoms with Crippen molar-refractivity contribution in [1.29, 1.82) is 0 Å². The zero-order valence-electron chi connectivity index (χ0n) is 13.3. The molecule has 5 heteroatoms. The number of nitrogens with zero attached hydrogens (tertiary/aromatic N) is 2. The van der Waals surface area contributed by atoms with Crippen LogP contribution in [0, 0.1) is 5.92 Å². The Morgan fingerprint density at radius 3 is 2.60 bits per heavy atom. The molecule has 0 amide bonds. The summed E-state index contributed by atoms with van der Waals surface area (Å²) in [4.78, 5) is 4.46. The second-order valence-corrected chi connectivity index (χ2v) is 5.73. The summed E-state index contributed by atoms with van der Waals surface area (Å²) in [6.45, 7) is 9.46. The quantitative estimate of drug-likeness (QED) is 0.714. The Labute approximate surface area is 122 Å². The van der Waals surface area contributed by atoms with Gasteiger partial charge >= 0.3 is 0 Å². The fourth-order valence-electron chi connectivity index (χ4n) is 2.43. The van der Waals surface area contributed by atoms with Crippen LogP contribution in [-0.4, -0.2) is 23.3 Å². The molecule has 1 aromatic rings. The van der Waals surface area contributed by atoms with Crippen LogP contribution in [0.1, 0.15) is 65.1 Å². The van der Waals surface area contributed by atoms with Crippen LogP contribution in [0.2, 0.25) is 0 Å². The Balaban J connectivity index is 2.55. The van der Waals surface area contributed by atoms with Gasteiger partial charge in [-0.2, -0.15) is 4.98 Å². The van der Waals surface area contributed by atoms with E-state index in [1.54, 1.807) is 0 Å². The largest absolute Gasteiger partial charge is 0.368 e. The zero-order chi connectivity index (χ0) is 15.0. The summed E-state index contributed by atoms with van der Waals surface area (Å²) in [6.07, 6.45) is 5.35. The van der Waals surface area contributed by atoms with E-state index in [1.165, 1.54) is 12.8 Å². The highest BCUT2D eigenvalue weighted by molar-refractivity contribution is 4.97. The highest BCUT2D eigenvalue weighted by Gasteiger charge is 2.27. The number of nitrogens with two attached hydrogens (primary N) is 1. The second kappa shape index (κ2) is 8.37. The molecule has 1 aromatic heterocycles. The average molecular weight is 283 g/mol. The number of hydrogen-bond donors (Lipinski definition) is 1. The van der Waals surface area contributed by atoms with Crippen LogP contribution >= 0.6 is 0 Å². The molecule has 0 bridgehead atoms. The SMILES string of the molecule is CCCC(CCN)CCc1nc(C(C)(C)OCC)no1. The molecule has 2 N–H and O–H groups in total. The van der Waals surface area contributed by atoms with Gasteiger partial charge in [0.15, 0.2) is 0 Å². The van der Waals surface area contributed by atoms with Crippen molar-refractivity contribution in [2.24, 2.45) is 11.7 Å². The van der Waals surface area contributed by atoms with Crippen LogP contribution in [0.25, 0.3) is 0 Å². The molecule has 1 atom stereocenters. The topological polar surface area (TPSA) is 74.2 Å². The smallest absolute Gasteiger partial charge is 0.226 e. The summed E-state index contributed by atoms with van der Waals surface area (Å²) in [6, 6.07) is 0. The van der Waals surface area contributed by atoms with Crippen molar-refractivity contribution in [1.82, 2.24) is 10.1 Å². The average Bonchev–Trinajstić information content (AvgIpc) is 2.86. The Morgan fingerprint density at radius 2 is 2.00 bits per heavy atom. The van der Waals surface area contributed by atoms with Crippen LogP contribution < -0.4 is 5.73 Å². The van der Waals surface area contributed by atoms with Crippen molar-refractivity contribution < 1.29 is 9.26 Å². The molecule has 1 heterocycles. The van der Waals surface area contributed by atoms with Gasteiger partial charge < -0.3 is 15.0 Å². The lowest BCUT2D eigenvalue weighted by atomic mass is 9.94.